The summed E-state index contributed by atoms with van der Waals surface area (Å²) >= 11 is 13.6. The molecule has 1 rings (SSSR count). The van der Waals surface area contributed by atoms with E-state index in [-0.39, 0.29) is 12.5 Å². The standard InChI is InChI=1S/C10H13Cl2NOS/c1-6(4-14)5-15-10-8(11)2-7(13)3-9(10)12/h2-3,6,14H,4-5,13H2,1H3. The van der Waals surface area contributed by atoms with Crippen molar-refractivity contribution in [3.63, 3.8) is 0 Å². The highest BCUT2D eigenvalue weighted by Gasteiger charge is 2.09. The van der Waals surface area contributed by atoms with Gasteiger partial charge < -0.3 is 10.8 Å². The zero-order valence-electron chi connectivity index (χ0n) is 8.34. The molecule has 0 aromatic heterocycles. The van der Waals surface area contributed by atoms with Crippen molar-refractivity contribution >= 4 is 40.7 Å². The van der Waals surface area contributed by atoms with Crippen LogP contribution in [0, 0.1) is 5.92 Å². The molecule has 5 heteroatoms. The number of aliphatic hydroxyl groups excluding tert-OH is 1. The van der Waals surface area contributed by atoms with Gasteiger partial charge in [-0.05, 0) is 18.1 Å². The number of thioether (sulfide) groups is 1. The molecule has 0 amide bonds. The van der Waals surface area contributed by atoms with E-state index in [1.807, 2.05) is 6.92 Å². The molecule has 0 saturated carbocycles. The Kier molecular flexibility index (Phi) is 5.06. The molecule has 0 fully saturated rings. The minimum atomic E-state index is 0.164. The van der Waals surface area contributed by atoms with Gasteiger partial charge in [0.25, 0.3) is 0 Å². The molecule has 0 aliphatic rings. The van der Waals surface area contributed by atoms with E-state index in [1.165, 1.54) is 11.8 Å². The average molecular weight is 266 g/mol. The molecule has 0 heterocycles. The highest BCUT2D eigenvalue weighted by atomic mass is 35.5. The molecule has 2 nitrogen and oxygen atoms in total. The maximum atomic E-state index is 8.90. The Hall–Kier alpha value is -0.0900. The predicted molar refractivity (Wildman–Crippen MR) is 67.8 cm³/mol. The third kappa shape index (κ3) is 3.76. The zero-order valence-corrected chi connectivity index (χ0v) is 10.7. The SMILES string of the molecule is CC(CO)CSc1c(Cl)cc(N)cc1Cl. The zero-order chi connectivity index (χ0) is 11.4. The van der Waals surface area contributed by atoms with Gasteiger partial charge in [-0.3, -0.25) is 0 Å². The van der Waals surface area contributed by atoms with Gasteiger partial charge in [-0.25, -0.2) is 0 Å². The van der Waals surface area contributed by atoms with Crippen LogP contribution in [0.2, 0.25) is 10.0 Å². The number of hydrogen-bond donors (Lipinski definition) is 2. The molecule has 1 aromatic carbocycles. The van der Waals surface area contributed by atoms with Crippen LogP contribution in [0.4, 0.5) is 5.69 Å². The van der Waals surface area contributed by atoms with Gasteiger partial charge in [0.15, 0.2) is 0 Å². The fraction of sp³-hybridized carbons (Fsp3) is 0.400. The van der Waals surface area contributed by atoms with Crippen molar-refractivity contribution in [3.05, 3.63) is 22.2 Å². The third-order valence-electron chi connectivity index (χ3n) is 1.84. The van der Waals surface area contributed by atoms with Gasteiger partial charge >= 0.3 is 0 Å². The van der Waals surface area contributed by atoms with E-state index < -0.39 is 0 Å². The van der Waals surface area contributed by atoms with E-state index in [4.69, 9.17) is 34.0 Å². The summed E-state index contributed by atoms with van der Waals surface area (Å²) in [5.74, 6) is 1.000. The summed E-state index contributed by atoms with van der Waals surface area (Å²) in [4.78, 5) is 0.827. The fourth-order valence-electron chi connectivity index (χ4n) is 0.996. The van der Waals surface area contributed by atoms with Crippen molar-refractivity contribution in [2.75, 3.05) is 18.1 Å². The summed E-state index contributed by atoms with van der Waals surface area (Å²) in [7, 11) is 0. The predicted octanol–water partition coefficient (Wildman–Crippen LogP) is 3.30. The van der Waals surface area contributed by atoms with Crippen LogP contribution in [0.25, 0.3) is 0 Å². The van der Waals surface area contributed by atoms with E-state index in [0.29, 0.717) is 15.7 Å². The first kappa shape index (κ1) is 13.0. The molecular weight excluding hydrogens is 253 g/mol. The van der Waals surface area contributed by atoms with Crippen molar-refractivity contribution in [2.45, 2.75) is 11.8 Å². The number of hydrogen-bond acceptors (Lipinski definition) is 3. The second-order valence-electron chi connectivity index (χ2n) is 3.41. The van der Waals surface area contributed by atoms with Gasteiger partial charge in [0, 0.05) is 22.9 Å². The average Bonchev–Trinajstić information content (AvgIpc) is 2.15. The minimum Gasteiger partial charge on any atom is -0.399 e. The lowest BCUT2D eigenvalue weighted by atomic mass is 10.2. The lowest BCUT2D eigenvalue weighted by Crippen LogP contribution is -2.03. The molecule has 15 heavy (non-hydrogen) atoms. The molecule has 1 unspecified atom stereocenters. The highest BCUT2D eigenvalue weighted by Crippen LogP contribution is 2.36. The fourth-order valence-corrected chi connectivity index (χ4v) is 2.78. The van der Waals surface area contributed by atoms with Crippen LogP contribution in [-0.2, 0) is 0 Å². The molecule has 3 N–H and O–H groups in total. The summed E-state index contributed by atoms with van der Waals surface area (Å²) in [6.07, 6.45) is 0. The van der Waals surface area contributed by atoms with Crippen molar-refractivity contribution in [3.8, 4) is 0 Å². The smallest absolute Gasteiger partial charge is 0.0577 e. The lowest BCUT2D eigenvalue weighted by Gasteiger charge is -2.10. The second kappa shape index (κ2) is 5.85. The Morgan fingerprint density at radius 2 is 1.93 bits per heavy atom. The molecule has 0 bridgehead atoms. The van der Waals surface area contributed by atoms with Gasteiger partial charge in [0.2, 0.25) is 0 Å². The van der Waals surface area contributed by atoms with Gasteiger partial charge in [0.1, 0.15) is 0 Å². The molecule has 1 atom stereocenters. The van der Waals surface area contributed by atoms with Gasteiger partial charge in [-0.2, -0.15) is 0 Å². The number of anilines is 1. The Morgan fingerprint density at radius 3 is 2.40 bits per heavy atom. The topological polar surface area (TPSA) is 46.2 Å². The van der Waals surface area contributed by atoms with Gasteiger partial charge in [0.05, 0.1) is 10.0 Å². The summed E-state index contributed by atoms with van der Waals surface area (Å²) in [5.41, 5.74) is 6.15. The van der Waals surface area contributed by atoms with Crippen LogP contribution >= 0.6 is 35.0 Å². The first-order valence-electron chi connectivity index (χ1n) is 4.52. The van der Waals surface area contributed by atoms with Crippen molar-refractivity contribution in [2.24, 2.45) is 5.92 Å². The van der Waals surface area contributed by atoms with E-state index in [9.17, 15) is 0 Å². The van der Waals surface area contributed by atoms with Crippen LogP contribution in [0.3, 0.4) is 0 Å². The molecule has 0 saturated heterocycles. The normalized spacial score (nSPS) is 12.8. The Labute approximate surface area is 104 Å². The molecule has 0 aliphatic heterocycles. The molecule has 84 valence electrons. The maximum Gasteiger partial charge on any atom is 0.0577 e. The number of rotatable bonds is 4. The number of benzene rings is 1. The van der Waals surface area contributed by atoms with E-state index in [1.54, 1.807) is 12.1 Å². The quantitative estimate of drug-likeness (QED) is 0.649. The van der Waals surface area contributed by atoms with Crippen LogP contribution < -0.4 is 5.73 Å². The third-order valence-corrected chi connectivity index (χ3v) is 4.13. The summed E-state index contributed by atoms with van der Waals surface area (Å²) < 4.78 is 0. The monoisotopic (exact) mass is 265 g/mol. The second-order valence-corrected chi connectivity index (χ2v) is 5.26. The molecular formula is C10H13Cl2NOS. The number of aliphatic hydroxyl groups is 1. The Morgan fingerprint density at radius 1 is 1.40 bits per heavy atom. The number of nitrogens with two attached hydrogens (primary N) is 1. The Bertz CT molecular complexity index is 323. The van der Waals surface area contributed by atoms with Crippen molar-refractivity contribution in [1.29, 1.82) is 0 Å². The molecule has 0 aliphatic carbocycles. The molecule has 0 radical (unpaired) electrons. The van der Waals surface area contributed by atoms with Crippen LogP contribution in [0.5, 0.6) is 0 Å². The Balaban J connectivity index is 2.77. The minimum absolute atomic E-state index is 0.164. The van der Waals surface area contributed by atoms with Crippen molar-refractivity contribution < 1.29 is 5.11 Å². The van der Waals surface area contributed by atoms with Crippen LogP contribution in [0.1, 0.15) is 6.92 Å². The largest absolute Gasteiger partial charge is 0.399 e. The van der Waals surface area contributed by atoms with Crippen molar-refractivity contribution in [1.82, 2.24) is 0 Å². The maximum absolute atomic E-state index is 8.90. The number of nitrogen functional groups attached to an aromatic ring is 1. The first-order chi connectivity index (χ1) is 7.04. The van der Waals surface area contributed by atoms with Crippen LogP contribution in [-0.4, -0.2) is 17.5 Å². The lowest BCUT2D eigenvalue weighted by molar-refractivity contribution is 0.250. The van der Waals surface area contributed by atoms with E-state index >= 15 is 0 Å². The first-order valence-corrected chi connectivity index (χ1v) is 6.27. The van der Waals surface area contributed by atoms with E-state index in [2.05, 4.69) is 0 Å². The summed E-state index contributed by atoms with van der Waals surface area (Å²) in [5, 5.41) is 10.0. The molecule has 1 aromatic rings. The van der Waals surface area contributed by atoms with Crippen LogP contribution in [0.15, 0.2) is 17.0 Å². The summed E-state index contributed by atoms with van der Waals surface area (Å²) in [6.45, 7) is 2.13. The van der Waals surface area contributed by atoms with Gasteiger partial charge in [-0.15, -0.1) is 11.8 Å². The summed E-state index contributed by atoms with van der Waals surface area (Å²) in [6, 6.07) is 3.36. The number of halogens is 2. The van der Waals surface area contributed by atoms with Gasteiger partial charge in [-0.1, -0.05) is 30.1 Å². The molecule has 0 spiro atoms. The van der Waals surface area contributed by atoms with E-state index in [0.717, 1.165) is 10.6 Å². The highest BCUT2D eigenvalue weighted by molar-refractivity contribution is 7.99.